The van der Waals surface area contributed by atoms with E-state index in [1.807, 2.05) is 24.0 Å². The minimum atomic E-state index is -0.196. The molecule has 3 nitrogen and oxygen atoms in total. The summed E-state index contributed by atoms with van der Waals surface area (Å²) in [5.74, 6) is 2.23. The molecule has 0 unspecified atom stereocenters. The van der Waals surface area contributed by atoms with Crippen LogP contribution in [0.4, 0.5) is 4.39 Å². The number of aliphatic imine (C=N–C) groups is 1. The maximum Gasteiger partial charge on any atom is 0.250 e. The fourth-order valence-corrected chi connectivity index (χ4v) is 4.95. The molecule has 0 amide bonds. The summed E-state index contributed by atoms with van der Waals surface area (Å²) in [6, 6.07) is 13.3. The Bertz CT molecular complexity index is 1260. The van der Waals surface area contributed by atoms with Crippen molar-refractivity contribution in [2.24, 2.45) is 12.0 Å². The lowest BCUT2D eigenvalue weighted by Crippen LogP contribution is -2.16. The lowest BCUT2D eigenvalue weighted by atomic mass is 9.89. The molecule has 0 spiro atoms. The first-order valence-corrected chi connectivity index (χ1v) is 12.0. The van der Waals surface area contributed by atoms with Crippen LogP contribution >= 0.6 is 11.8 Å². The van der Waals surface area contributed by atoms with Crippen molar-refractivity contribution >= 4 is 17.5 Å². The van der Waals surface area contributed by atoms with Crippen molar-refractivity contribution < 1.29 is 4.39 Å². The molecule has 0 radical (unpaired) electrons. The van der Waals surface area contributed by atoms with Crippen LogP contribution in [0, 0.1) is 5.82 Å². The lowest BCUT2D eigenvalue weighted by Gasteiger charge is -2.16. The SMILES string of the molecule is CCSCc1ccc2c(c1)-c1cn(C)c(=O)cc1CN=C2c1ccc(F)cc1C1CC1. The first kappa shape index (κ1) is 20.3. The Hall–Kier alpha value is -2.66. The minimum Gasteiger partial charge on any atom is -0.318 e. The van der Waals surface area contributed by atoms with E-state index in [4.69, 9.17) is 4.99 Å². The van der Waals surface area contributed by atoms with Crippen LogP contribution in [0.15, 0.2) is 58.4 Å². The summed E-state index contributed by atoms with van der Waals surface area (Å²) in [6.45, 7) is 2.61. The van der Waals surface area contributed by atoms with Crippen molar-refractivity contribution in [2.75, 3.05) is 5.75 Å². The van der Waals surface area contributed by atoms with Gasteiger partial charge in [0.1, 0.15) is 5.82 Å². The third-order valence-electron chi connectivity index (χ3n) is 6.11. The fraction of sp³-hybridized carbons (Fsp3) is 0.308. The summed E-state index contributed by atoms with van der Waals surface area (Å²) in [5, 5.41) is 0. The molecule has 0 atom stereocenters. The van der Waals surface area contributed by atoms with E-state index in [-0.39, 0.29) is 11.4 Å². The number of pyridine rings is 1. The third-order valence-corrected chi connectivity index (χ3v) is 7.06. The molecule has 5 rings (SSSR count). The van der Waals surface area contributed by atoms with Crippen LogP contribution in [0.1, 0.15) is 53.5 Å². The number of rotatable bonds is 5. The van der Waals surface area contributed by atoms with Crippen molar-refractivity contribution in [2.45, 2.75) is 38.0 Å². The van der Waals surface area contributed by atoms with Crippen LogP contribution in [0.2, 0.25) is 0 Å². The molecule has 1 aliphatic heterocycles. The highest BCUT2D eigenvalue weighted by atomic mass is 32.2. The van der Waals surface area contributed by atoms with E-state index in [0.717, 1.165) is 63.4 Å². The molecule has 0 saturated heterocycles. The number of aryl methyl sites for hydroxylation is 1. The highest BCUT2D eigenvalue weighted by molar-refractivity contribution is 7.98. The third kappa shape index (κ3) is 3.87. The lowest BCUT2D eigenvalue weighted by molar-refractivity contribution is 0.625. The maximum absolute atomic E-state index is 14.1. The average molecular weight is 433 g/mol. The zero-order chi connectivity index (χ0) is 21.5. The Labute approximate surface area is 186 Å². The minimum absolute atomic E-state index is 0.0305. The molecule has 5 heteroatoms. The highest BCUT2D eigenvalue weighted by Gasteiger charge is 2.29. The molecule has 3 aromatic rings. The molecule has 0 bridgehead atoms. The predicted molar refractivity (Wildman–Crippen MR) is 127 cm³/mol. The van der Waals surface area contributed by atoms with Crippen molar-refractivity contribution in [3.8, 4) is 11.1 Å². The molecule has 1 fully saturated rings. The van der Waals surface area contributed by atoms with E-state index in [2.05, 4.69) is 25.1 Å². The van der Waals surface area contributed by atoms with Gasteiger partial charge in [-0.15, -0.1) is 0 Å². The quantitative estimate of drug-likeness (QED) is 0.520. The number of nitrogens with zero attached hydrogens (tertiary/aromatic N) is 2. The molecule has 1 aliphatic carbocycles. The summed E-state index contributed by atoms with van der Waals surface area (Å²) in [6.07, 6.45) is 4.12. The van der Waals surface area contributed by atoms with Crippen LogP contribution in [0.25, 0.3) is 11.1 Å². The second kappa shape index (κ2) is 8.12. The molecule has 31 heavy (non-hydrogen) atoms. The van der Waals surface area contributed by atoms with Gasteiger partial charge in [-0.1, -0.05) is 19.1 Å². The van der Waals surface area contributed by atoms with Gasteiger partial charge < -0.3 is 4.57 Å². The van der Waals surface area contributed by atoms with Crippen molar-refractivity contribution in [1.29, 1.82) is 0 Å². The first-order valence-electron chi connectivity index (χ1n) is 10.8. The summed E-state index contributed by atoms with van der Waals surface area (Å²) >= 11 is 1.89. The van der Waals surface area contributed by atoms with E-state index in [0.29, 0.717) is 12.5 Å². The highest BCUT2D eigenvalue weighted by Crippen LogP contribution is 2.43. The van der Waals surface area contributed by atoms with E-state index < -0.39 is 0 Å². The van der Waals surface area contributed by atoms with Gasteiger partial charge in [-0.3, -0.25) is 9.79 Å². The van der Waals surface area contributed by atoms with Crippen molar-refractivity contribution in [1.82, 2.24) is 4.57 Å². The Morgan fingerprint density at radius 3 is 2.65 bits per heavy atom. The van der Waals surface area contributed by atoms with Crippen LogP contribution in [-0.4, -0.2) is 16.0 Å². The number of hydrogen-bond donors (Lipinski definition) is 0. The van der Waals surface area contributed by atoms with Gasteiger partial charge in [-0.25, -0.2) is 4.39 Å². The summed E-state index contributed by atoms with van der Waals surface area (Å²) in [7, 11) is 1.79. The number of hydrogen-bond acceptors (Lipinski definition) is 3. The Morgan fingerprint density at radius 1 is 1.06 bits per heavy atom. The van der Waals surface area contributed by atoms with Gasteiger partial charge in [-0.2, -0.15) is 11.8 Å². The summed E-state index contributed by atoms with van der Waals surface area (Å²) in [4.78, 5) is 17.3. The van der Waals surface area contributed by atoms with Gasteiger partial charge in [0.05, 0.1) is 12.3 Å². The molecule has 2 aliphatic rings. The van der Waals surface area contributed by atoms with Crippen molar-refractivity contribution in [3.63, 3.8) is 0 Å². The summed E-state index contributed by atoms with van der Waals surface area (Å²) in [5.41, 5.74) is 8.34. The van der Waals surface area contributed by atoms with E-state index in [9.17, 15) is 9.18 Å². The smallest absolute Gasteiger partial charge is 0.250 e. The molecule has 1 saturated carbocycles. The average Bonchev–Trinajstić information content (AvgIpc) is 3.61. The molecule has 0 N–H and O–H groups in total. The van der Waals surface area contributed by atoms with Crippen LogP contribution in [0.5, 0.6) is 0 Å². The number of thioether (sulfide) groups is 1. The molecule has 2 aromatic carbocycles. The van der Waals surface area contributed by atoms with Gasteiger partial charge in [0.25, 0.3) is 5.56 Å². The predicted octanol–water partition coefficient (Wildman–Crippen LogP) is 5.67. The second-order valence-corrected chi connectivity index (χ2v) is 9.62. The van der Waals surface area contributed by atoms with E-state index in [1.165, 1.54) is 11.6 Å². The van der Waals surface area contributed by atoms with Gasteiger partial charge in [0, 0.05) is 41.8 Å². The Morgan fingerprint density at radius 2 is 1.87 bits per heavy atom. The van der Waals surface area contributed by atoms with Crippen LogP contribution in [0.3, 0.4) is 0 Å². The molecular formula is C26H25FN2OS. The Balaban J connectivity index is 1.73. The molecular weight excluding hydrogens is 407 g/mol. The summed E-state index contributed by atoms with van der Waals surface area (Å²) < 4.78 is 15.7. The van der Waals surface area contributed by atoms with Gasteiger partial charge in [-0.05, 0) is 71.0 Å². The fourth-order valence-electron chi connectivity index (χ4n) is 4.33. The second-order valence-electron chi connectivity index (χ2n) is 8.35. The Kier molecular flexibility index (Phi) is 5.30. The van der Waals surface area contributed by atoms with E-state index >= 15 is 0 Å². The van der Waals surface area contributed by atoms with Crippen molar-refractivity contribution in [3.05, 3.63) is 92.6 Å². The number of halogens is 1. The van der Waals surface area contributed by atoms with E-state index in [1.54, 1.807) is 23.7 Å². The van der Waals surface area contributed by atoms with Gasteiger partial charge >= 0.3 is 0 Å². The first-order chi connectivity index (χ1) is 15.0. The van der Waals surface area contributed by atoms with Crippen LogP contribution in [-0.2, 0) is 19.3 Å². The normalized spacial score (nSPS) is 15.1. The van der Waals surface area contributed by atoms with Gasteiger partial charge in [0.15, 0.2) is 0 Å². The standard InChI is InChI=1S/C26H25FN2OS/c1-3-31-15-16-4-8-21-23(10-16)24-14-29(2)25(30)11-18(24)13-28-26(21)20-9-7-19(27)12-22(20)17-5-6-17/h4,7-12,14,17H,3,5-6,13,15H2,1-2H3. The maximum atomic E-state index is 14.1. The zero-order valence-electron chi connectivity index (χ0n) is 17.8. The molecule has 1 aromatic heterocycles. The number of fused-ring (bicyclic) bond motifs is 3. The van der Waals surface area contributed by atoms with Gasteiger partial charge in [0.2, 0.25) is 0 Å². The molecule has 158 valence electrons. The zero-order valence-corrected chi connectivity index (χ0v) is 18.6. The monoisotopic (exact) mass is 432 g/mol. The number of benzene rings is 2. The topological polar surface area (TPSA) is 34.4 Å². The largest absolute Gasteiger partial charge is 0.318 e. The van der Waals surface area contributed by atoms with Crippen LogP contribution < -0.4 is 5.56 Å². The molecule has 2 heterocycles. The number of aromatic nitrogens is 1.